The Morgan fingerprint density at radius 2 is 1.71 bits per heavy atom. The van der Waals surface area contributed by atoms with E-state index in [9.17, 15) is 0 Å². The molecule has 0 amide bonds. The van der Waals surface area contributed by atoms with E-state index in [1.807, 2.05) is 13.8 Å². The van der Waals surface area contributed by atoms with Gasteiger partial charge in [0, 0.05) is 13.2 Å². The number of hydrogen-bond donors (Lipinski definition) is 0. The molecule has 0 aliphatic rings. The monoisotopic (exact) mass is 200 g/mol. The van der Waals surface area contributed by atoms with Gasteiger partial charge in [-0.15, -0.1) is 6.42 Å². The standard InChI is InChI=1S/C11H22NO2/c1-6-9-12(4,5)10-11(13-7-2)14-8-3/h1,11H,7-10H2,2-5H3/q+1. The van der Waals surface area contributed by atoms with Crippen LogP contribution in [0.25, 0.3) is 0 Å². The number of ether oxygens (including phenoxy) is 2. The molecule has 14 heavy (non-hydrogen) atoms. The number of quaternary nitrogens is 1. The maximum atomic E-state index is 5.46. The molecule has 0 radical (unpaired) electrons. The summed E-state index contributed by atoms with van der Waals surface area (Å²) >= 11 is 0. The first-order valence-corrected chi connectivity index (χ1v) is 5.04. The van der Waals surface area contributed by atoms with Crippen LogP contribution in [-0.4, -0.2) is 51.2 Å². The van der Waals surface area contributed by atoms with Crippen molar-refractivity contribution in [2.24, 2.45) is 0 Å². The van der Waals surface area contributed by atoms with Crippen molar-refractivity contribution in [1.29, 1.82) is 0 Å². The van der Waals surface area contributed by atoms with Crippen molar-refractivity contribution < 1.29 is 14.0 Å². The van der Waals surface area contributed by atoms with E-state index in [-0.39, 0.29) is 6.29 Å². The molecule has 0 rings (SSSR count). The maximum absolute atomic E-state index is 5.46. The van der Waals surface area contributed by atoms with Crippen molar-refractivity contribution in [3.05, 3.63) is 0 Å². The van der Waals surface area contributed by atoms with E-state index in [0.29, 0.717) is 19.8 Å². The van der Waals surface area contributed by atoms with Gasteiger partial charge in [-0.05, 0) is 19.8 Å². The fourth-order valence-electron chi connectivity index (χ4n) is 1.24. The number of nitrogens with zero attached hydrogens (tertiary/aromatic N) is 1. The zero-order valence-corrected chi connectivity index (χ0v) is 9.75. The van der Waals surface area contributed by atoms with E-state index in [2.05, 4.69) is 20.0 Å². The minimum atomic E-state index is -0.145. The molecule has 0 heterocycles. The molecule has 0 saturated heterocycles. The maximum Gasteiger partial charge on any atom is 0.207 e. The highest BCUT2D eigenvalue weighted by Gasteiger charge is 2.21. The predicted octanol–water partition coefficient (Wildman–Crippen LogP) is 1.10. The number of rotatable bonds is 7. The second-order valence-electron chi connectivity index (χ2n) is 3.82. The Bertz CT molecular complexity index is 178. The third-order valence-corrected chi connectivity index (χ3v) is 1.87. The minimum absolute atomic E-state index is 0.145. The molecule has 3 nitrogen and oxygen atoms in total. The molecule has 0 bridgehead atoms. The predicted molar refractivity (Wildman–Crippen MR) is 57.7 cm³/mol. The second kappa shape index (κ2) is 6.83. The van der Waals surface area contributed by atoms with Gasteiger partial charge in [-0.3, -0.25) is 0 Å². The van der Waals surface area contributed by atoms with Gasteiger partial charge in [0.05, 0.1) is 14.1 Å². The van der Waals surface area contributed by atoms with E-state index in [1.54, 1.807) is 0 Å². The molecule has 0 aliphatic heterocycles. The lowest BCUT2D eigenvalue weighted by atomic mass is 10.4. The third kappa shape index (κ3) is 5.98. The van der Waals surface area contributed by atoms with Crippen LogP contribution >= 0.6 is 0 Å². The van der Waals surface area contributed by atoms with Crippen molar-refractivity contribution in [3.63, 3.8) is 0 Å². The number of likely N-dealkylation sites (N-methyl/N-ethyl adjacent to an activating group) is 1. The van der Waals surface area contributed by atoms with Gasteiger partial charge < -0.3 is 14.0 Å². The summed E-state index contributed by atoms with van der Waals surface area (Å²) in [6.07, 6.45) is 5.15. The first-order valence-electron chi connectivity index (χ1n) is 5.04. The van der Waals surface area contributed by atoms with Gasteiger partial charge in [0.1, 0.15) is 13.1 Å². The fourth-order valence-corrected chi connectivity index (χ4v) is 1.24. The summed E-state index contributed by atoms with van der Waals surface area (Å²) in [5.74, 6) is 2.66. The Morgan fingerprint density at radius 1 is 1.21 bits per heavy atom. The SMILES string of the molecule is C#CC[N+](C)(C)CC(OCC)OCC. The highest BCUT2D eigenvalue weighted by Crippen LogP contribution is 2.04. The van der Waals surface area contributed by atoms with Gasteiger partial charge in [0.15, 0.2) is 0 Å². The van der Waals surface area contributed by atoms with Gasteiger partial charge >= 0.3 is 0 Å². The summed E-state index contributed by atoms with van der Waals surface area (Å²) in [6, 6.07) is 0. The Morgan fingerprint density at radius 3 is 2.07 bits per heavy atom. The second-order valence-corrected chi connectivity index (χ2v) is 3.82. The average molecular weight is 200 g/mol. The number of terminal acetylenes is 1. The molecule has 0 aliphatic carbocycles. The van der Waals surface area contributed by atoms with Crippen LogP contribution in [0.4, 0.5) is 0 Å². The molecule has 0 spiro atoms. The molecule has 0 unspecified atom stereocenters. The Balaban J connectivity index is 4.06. The first-order chi connectivity index (χ1) is 6.55. The molecular weight excluding hydrogens is 178 g/mol. The van der Waals surface area contributed by atoms with Crippen LogP contribution < -0.4 is 0 Å². The Labute approximate surface area is 87.6 Å². The van der Waals surface area contributed by atoms with Gasteiger partial charge in [-0.1, -0.05) is 0 Å². The molecule has 0 saturated carbocycles. The Hall–Kier alpha value is -0.560. The van der Waals surface area contributed by atoms with E-state index >= 15 is 0 Å². The summed E-state index contributed by atoms with van der Waals surface area (Å²) in [7, 11) is 4.15. The topological polar surface area (TPSA) is 18.5 Å². The normalized spacial score (nSPS) is 11.7. The largest absolute Gasteiger partial charge is 0.348 e. The lowest BCUT2D eigenvalue weighted by Gasteiger charge is -2.31. The zero-order valence-electron chi connectivity index (χ0n) is 9.75. The zero-order chi connectivity index (χ0) is 11.0. The molecule has 0 aromatic carbocycles. The third-order valence-electron chi connectivity index (χ3n) is 1.87. The summed E-state index contributed by atoms with van der Waals surface area (Å²) in [6.45, 7) is 6.74. The van der Waals surface area contributed by atoms with Crippen LogP contribution in [-0.2, 0) is 9.47 Å². The lowest BCUT2D eigenvalue weighted by molar-refractivity contribution is -0.889. The molecule has 0 aromatic heterocycles. The van der Waals surface area contributed by atoms with Crippen LogP contribution in [0, 0.1) is 12.3 Å². The molecule has 0 aromatic rings. The van der Waals surface area contributed by atoms with Crippen LogP contribution in [0.5, 0.6) is 0 Å². The molecule has 3 heteroatoms. The van der Waals surface area contributed by atoms with Crippen molar-refractivity contribution in [1.82, 2.24) is 0 Å². The minimum Gasteiger partial charge on any atom is -0.348 e. The average Bonchev–Trinajstić information content (AvgIpc) is 2.03. The van der Waals surface area contributed by atoms with E-state index in [0.717, 1.165) is 11.0 Å². The van der Waals surface area contributed by atoms with Crippen molar-refractivity contribution in [2.75, 3.05) is 40.4 Å². The quantitative estimate of drug-likeness (QED) is 0.348. The summed E-state index contributed by atoms with van der Waals surface area (Å²) in [5.41, 5.74) is 0. The Kier molecular flexibility index (Phi) is 6.56. The summed E-state index contributed by atoms with van der Waals surface area (Å²) in [4.78, 5) is 0. The van der Waals surface area contributed by atoms with Crippen LogP contribution in [0.2, 0.25) is 0 Å². The van der Waals surface area contributed by atoms with Gasteiger partial charge in [-0.25, -0.2) is 0 Å². The molecule has 0 fully saturated rings. The van der Waals surface area contributed by atoms with Gasteiger partial charge in [0.25, 0.3) is 0 Å². The van der Waals surface area contributed by atoms with Gasteiger partial charge in [-0.2, -0.15) is 0 Å². The molecule has 0 atom stereocenters. The van der Waals surface area contributed by atoms with Crippen molar-refractivity contribution in [2.45, 2.75) is 20.1 Å². The molecule has 0 N–H and O–H groups in total. The molecular formula is C11H22NO2+. The van der Waals surface area contributed by atoms with Gasteiger partial charge in [0.2, 0.25) is 6.29 Å². The van der Waals surface area contributed by atoms with E-state index in [1.165, 1.54) is 0 Å². The summed E-state index contributed by atoms with van der Waals surface area (Å²) < 4.78 is 11.6. The number of hydrogen-bond acceptors (Lipinski definition) is 2. The van der Waals surface area contributed by atoms with Crippen molar-refractivity contribution in [3.8, 4) is 12.3 Å². The van der Waals surface area contributed by atoms with Crippen LogP contribution in [0.3, 0.4) is 0 Å². The summed E-state index contributed by atoms with van der Waals surface area (Å²) in [5, 5.41) is 0. The smallest absolute Gasteiger partial charge is 0.207 e. The van der Waals surface area contributed by atoms with Crippen LogP contribution in [0.15, 0.2) is 0 Å². The highest BCUT2D eigenvalue weighted by atomic mass is 16.7. The van der Waals surface area contributed by atoms with E-state index < -0.39 is 0 Å². The van der Waals surface area contributed by atoms with Crippen molar-refractivity contribution >= 4 is 0 Å². The first kappa shape index (κ1) is 13.4. The highest BCUT2D eigenvalue weighted by molar-refractivity contribution is 4.83. The lowest BCUT2D eigenvalue weighted by Crippen LogP contribution is -2.47. The fraction of sp³-hybridized carbons (Fsp3) is 0.818. The van der Waals surface area contributed by atoms with Crippen LogP contribution in [0.1, 0.15) is 13.8 Å². The van der Waals surface area contributed by atoms with E-state index in [4.69, 9.17) is 15.9 Å². The molecule has 82 valence electrons.